The summed E-state index contributed by atoms with van der Waals surface area (Å²) in [6, 6.07) is 5.48. The van der Waals surface area contributed by atoms with E-state index in [2.05, 4.69) is 30.9 Å². The summed E-state index contributed by atoms with van der Waals surface area (Å²) < 4.78 is 11.2. The van der Waals surface area contributed by atoms with Crippen molar-refractivity contribution in [3.8, 4) is 11.5 Å². The standard InChI is InChI=1S/C12H12BrN3O2/c1-17-12(18-2)9-5-7-15-11(16-9)10-8(13)4-3-6-14-10/h3-7,12H,1-2H3. The third kappa shape index (κ3) is 2.72. The molecule has 18 heavy (non-hydrogen) atoms. The minimum absolute atomic E-state index is 0.505. The van der Waals surface area contributed by atoms with Crippen molar-refractivity contribution in [2.45, 2.75) is 6.29 Å². The lowest BCUT2D eigenvalue weighted by atomic mass is 10.3. The molecule has 2 heterocycles. The van der Waals surface area contributed by atoms with E-state index < -0.39 is 6.29 Å². The van der Waals surface area contributed by atoms with Crippen LogP contribution >= 0.6 is 15.9 Å². The van der Waals surface area contributed by atoms with Crippen LogP contribution in [-0.4, -0.2) is 29.2 Å². The molecule has 2 rings (SSSR count). The van der Waals surface area contributed by atoms with E-state index in [-0.39, 0.29) is 0 Å². The summed E-state index contributed by atoms with van der Waals surface area (Å²) in [5.74, 6) is 0.527. The normalized spacial score (nSPS) is 10.9. The van der Waals surface area contributed by atoms with Crippen LogP contribution in [-0.2, 0) is 9.47 Å². The fourth-order valence-electron chi connectivity index (χ4n) is 1.51. The van der Waals surface area contributed by atoms with E-state index in [0.29, 0.717) is 17.2 Å². The highest BCUT2D eigenvalue weighted by Crippen LogP contribution is 2.24. The molecule has 0 aliphatic carbocycles. The Bertz CT molecular complexity index is 532. The number of halogens is 1. The number of nitrogens with zero attached hydrogens (tertiary/aromatic N) is 3. The Morgan fingerprint density at radius 3 is 2.56 bits per heavy atom. The van der Waals surface area contributed by atoms with Gasteiger partial charge in [0.15, 0.2) is 5.82 Å². The molecule has 0 saturated carbocycles. The monoisotopic (exact) mass is 309 g/mol. The SMILES string of the molecule is COC(OC)c1ccnc(-c2ncccc2Br)n1. The maximum absolute atomic E-state index is 5.16. The first-order valence-electron chi connectivity index (χ1n) is 5.25. The maximum Gasteiger partial charge on any atom is 0.200 e. The van der Waals surface area contributed by atoms with E-state index in [1.165, 1.54) is 0 Å². The summed E-state index contributed by atoms with van der Waals surface area (Å²) in [6.45, 7) is 0. The molecular weight excluding hydrogens is 298 g/mol. The van der Waals surface area contributed by atoms with Crippen LogP contribution < -0.4 is 0 Å². The molecule has 6 heteroatoms. The van der Waals surface area contributed by atoms with E-state index in [1.807, 2.05) is 12.1 Å². The lowest BCUT2D eigenvalue weighted by Gasteiger charge is -2.13. The summed E-state index contributed by atoms with van der Waals surface area (Å²) in [5.41, 5.74) is 1.34. The third-order valence-electron chi connectivity index (χ3n) is 2.32. The zero-order chi connectivity index (χ0) is 13.0. The molecule has 0 atom stereocenters. The average Bonchev–Trinajstić information content (AvgIpc) is 2.41. The van der Waals surface area contributed by atoms with E-state index >= 15 is 0 Å². The highest BCUT2D eigenvalue weighted by atomic mass is 79.9. The summed E-state index contributed by atoms with van der Waals surface area (Å²) >= 11 is 3.42. The molecule has 0 aliphatic rings. The van der Waals surface area contributed by atoms with Crippen LogP contribution in [0.5, 0.6) is 0 Å². The predicted molar refractivity (Wildman–Crippen MR) is 69.7 cm³/mol. The molecule has 0 saturated heterocycles. The molecule has 0 fully saturated rings. The van der Waals surface area contributed by atoms with Gasteiger partial charge >= 0.3 is 0 Å². The van der Waals surface area contributed by atoms with Crippen LogP contribution in [0.25, 0.3) is 11.5 Å². The molecule has 0 aromatic carbocycles. The first-order chi connectivity index (χ1) is 8.76. The first-order valence-corrected chi connectivity index (χ1v) is 6.05. The number of hydrogen-bond donors (Lipinski definition) is 0. The van der Waals surface area contributed by atoms with E-state index in [1.54, 1.807) is 32.7 Å². The molecule has 2 aromatic rings. The van der Waals surface area contributed by atoms with Crippen molar-refractivity contribution in [1.82, 2.24) is 15.0 Å². The van der Waals surface area contributed by atoms with Gasteiger partial charge in [0.05, 0.1) is 0 Å². The first kappa shape index (κ1) is 13.1. The molecule has 2 aromatic heterocycles. The Labute approximate surface area is 113 Å². The largest absolute Gasteiger partial charge is 0.350 e. The molecule has 0 unspecified atom stereocenters. The van der Waals surface area contributed by atoms with Crippen LogP contribution in [0.4, 0.5) is 0 Å². The fourth-order valence-corrected chi connectivity index (χ4v) is 1.94. The molecule has 94 valence electrons. The quantitative estimate of drug-likeness (QED) is 0.813. The summed E-state index contributed by atoms with van der Waals surface area (Å²) in [5, 5.41) is 0. The molecule has 5 nitrogen and oxygen atoms in total. The van der Waals surface area contributed by atoms with Gasteiger partial charge in [-0.15, -0.1) is 0 Å². The highest BCUT2D eigenvalue weighted by Gasteiger charge is 2.14. The van der Waals surface area contributed by atoms with Gasteiger partial charge in [0.25, 0.3) is 0 Å². The van der Waals surface area contributed by atoms with Crippen LogP contribution in [0.3, 0.4) is 0 Å². The molecule has 0 radical (unpaired) electrons. The van der Waals surface area contributed by atoms with Gasteiger partial charge in [-0.1, -0.05) is 0 Å². The van der Waals surface area contributed by atoms with Crippen molar-refractivity contribution in [3.63, 3.8) is 0 Å². The van der Waals surface area contributed by atoms with E-state index in [0.717, 1.165) is 4.47 Å². The van der Waals surface area contributed by atoms with Crippen molar-refractivity contribution in [1.29, 1.82) is 0 Å². The van der Waals surface area contributed by atoms with Crippen molar-refractivity contribution in [3.05, 3.63) is 40.8 Å². The Morgan fingerprint density at radius 2 is 1.89 bits per heavy atom. The van der Waals surface area contributed by atoms with Crippen LogP contribution in [0.2, 0.25) is 0 Å². The average molecular weight is 310 g/mol. The summed E-state index contributed by atoms with van der Waals surface area (Å²) in [6.07, 6.45) is 2.85. The van der Waals surface area contributed by atoms with Gasteiger partial charge in [0.2, 0.25) is 6.29 Å². The third-order valence-corrected chi connectivity index (χ3v) is 2.96. The van der Waals surface area contributed by atoms with Gasteiger partial charge in [0.1, 0.15) is 11.4 Å². The van der Waals surface area contributed by atoms with E-state index in [9.17, 15) is 0 Å². The Hall–Kier alpha value is -1.37. The second kappa shape index (κ2) is 5.99. The lowest BCUT2D eigenvalue weighted by molar-refractivity contribution is -0.108. The smallest absolute Gasteiger partial charge is 0.200 e. The molecule has 0 N–H and O–H groups in total. The minimum Gasteiger partial charge on any atom is -0.350 e. The van der Waals surface area contributed by atoms with Crippen LogP contribution in [0, 0.1) is 0 Å². The van der Waals surface area contributed by atoms with E-state index in [4.69, 9.17) is 9.47 Å². The maximum atomic E-state index is 5.16. The van der Waals surface area contributed by atoms with Crippen molar-refractivity contribution in [2.75, 3.05) is 14.2 Å². The highest BCUT2D eigenvalue weighted by molar-refractivity contribution is 9.10. The fraction of sp³-hybridized carbons (Fsp3) is 0.250. The van der Waals surface area contributed by atoms with Gasteiger partial charge in [-0.05, 0) is 34.1 Å². The minimum atomic E-state index is -0.505. The molecule has 0 spiro atoms. The van der Waals surface area contributed by atoms with Gasteiger partial charge in [0, 0.05) is 31.1 Å². The van der Waals surface area contributed by atoms with Gasteiger partial charge < -0.3 is 9.47 Å². The Balaban J connectivity index is 2.42. The lowest BCUT2D eigenvalue weighted by Crippen LogP contribution is -2.07. The molecular formula is C12H12BrN3O2. The molecule has 0 bridgehead atoms. The number of methoxy groups -OCH3 is 2. The number of ether oxygens (including phenoxy) is 2. The number of aromatic nitrogens is 3. The molecule has 0 aliphatic heterocycles. The van der Waals surface area contributed by atoms with Gasteiger partial charge in [-0.2, -0.15) is 0 Å². The van der Waals surface area contributed by atoms with Gasteiger partial charge in [-0.25, -0.2) is 9.97 Å². The summed E-state index contributed by atoms with van der Waals surface area (Å²) in [4.78, 5) is 12.8. The van der Waals surface area contributed by atoms with Crippen LogP contribution in [0.15, 0.2) is 35.1 Å². The van der Waals surface area contributed by atoms with Crippen molar-refractivity contribution in [2.24, 2.45) is 0 Å². The summed E-state index contributed by atoms with van der Waals surface area (Å²) in [7, 11) is 3.12. The number of pyridine rings is 1. The second-order valence-corrected chi connectivity index (χ2v) is 4.30. The van der Waals surface area contributed by atoms with Gasteiger partial charge in [-0.3, -0.25) is 4.98 Å². The Morgan fingerprint density at radius 1 is 1.11 bits per heavy atom. The van der Waals surface area contributed by atoms with Crippen molar-refractivity contribution >= 4 is 15.9 Å². The Kier molecular flexibility index (Phi) is 4.35. The zero-order valence-corrected chi connectivity index (χ0v) is 11.6. The van der Waals surface area contributed by atoms with Crippen molar-refractivity contribution < 1.29 is 9.47 Å². The molecule has 0 amide bonds. The number of rotatable bonds is 4. The zero-order valence-electron chi connectivity index (χ0n) is 10.0. The number of hydrogen-bond acceptors (Lipinski definition) is 5. The topological polar surface area (TPSA) is 57.1 Å². The second-order valence-electron chi connectivity index (χ2n) is 3.44. The predicted octanol–water partition coefficient (Wildman–Crippen LogP) is 2.59. The van der Waals surface area contributed by atoms with Crippen LogP contribution in [0.1, 0.15) is 12.0 Å².